The maximum Gasteiger partial charge on any atom is 0.416 e. The Morgan fingerprint density at radius 2 is 1.60 bits per heavy atom. The lowest BCUT2D eigenvalue weighted by Crippen LogP contribution is -2.22. The van der Waals surface area contributed by atoms with Crippen LogP contribution < -0.4 is 20.7 Å². The van der Waals surface area contributed by atoms with Crippen molar-refractivity contribution in [1.82, 2.24) is 0 Å². The van der Waals surface area contributed by atoms with Gasteiger partial charge in [0.2, 0.25) is 5.91 Å². The number of rotatable bonds is 9. The Morgan fingerprint density at radius 1 is 0.914 bits per heavy atom. The topological polar surface area (TPSA) is 79.5 Å². The number of ether oxygens (including phenoxy) is 1. The molecule has 3 aromatic carbocycles. The molecule has 0 saturated heterocycles. The van der Waals surface area contributed by atoms with E-state index in [1.807, 2.05) is 13.0 Å². The van der Waals surface area contributed by atoms with E-state index in [-0.39, 0.29) is 23.7 Å². The molecule has 35 heavy (non-hydrogen) atoms. The van der Waals surface area contributed by atoms with E-state index in [4.69, 9.17) is 4.74 Å². The molecule has 0 fully saturated rings. The van der Waals surface area contributed by atoms with E-state index in [1.165, 1.54) is 24.3 Å². The third-order valence-corrected chi connectivity index (χ3v) is 4.66. The Kier molecular flexibility index (Phi) is 8.14. The predicted molar refractivity (Wildman–Crippen MR) is 130 cm³/mol. The van der Waals surface area contributed by atoms with Crippen LogP contribution in [0.25, 0.3) is 0 Å². The predicted octanol–water partition coefficient (Wildman–Crippen LogP) is 5.96. The van der Waals surface area contributed by atoms with Crippen LogP contribution in [0.5, 0.6) is 5.75 Å². The lowest BCUT2D eigenvalue weighted by atomic mass is 10.1. The van der Waals surface area contributed by atoms with E-state index in [9.17, 15) is 22.8 Å². The molecule has 0 radical (unpaired) electrons. The highest BCUT2D eigenvalue weighted by atomic mass is 19.4. The highest BCUT2D eigenvalue weighted by Gasteiger charge is 2.30. The van der Waals surface area contributed by atoms with Gasteiger partial charge in [-0.05, 0) is 61.0 Å². The summed E-state index contributed by atoms with van der Waals surface area (Å²) in [6, 6.07) is 17.6. The van der Waals surface area contributed by atoms with Crippen LogP contribution in [-0.2, 0) is 11.0 Å². The highest BCUT2D eigenvalue weighted by molar-refractivity contribution is 6.05. The van der Waals surface area contributed by atoms with E-state index in [0.717, 1.165) is 17.7 Å². The van der Waals surface area contributed by atoms with Gasteiger partial charge >= 0.3 is 6.18 Å². The summed E-state index contributed by atoms with van der Waals surface area (Å²) in [5.74, 6) is -0.395. The Bertz CT molecular complexity index is 1230. The normalized spacial score (nSPS) is 10.9. The second-order valence-corrected chi connectivity index (χ2v) is 7.76. The van der Waals surface area contributed by atoms with Gasteiger partial charge in [0.1, 0.15) is 12.4 Å². The molecule has 0 unspecified atom stereocenters. The molecule has 0 spiro atoms. The smallest absolute Gasteiger partial charge is 0.416 e. The maximum atomic E-state index is 12.9. The number of carbonyl (C=O) groups is 2. The third-order valence-electron chi connectivity index (χ3n) is 4.66. The van der Waals surface area contributed by atoms with Crippen LogP contribution in [-0.4, -0.2) is 25.0 Å². The first-order valence-electron chi connectivity index (χ1n) is 10.6. The summed E-state index contributed by atoms with van der Waals surface area (Å²) >= 11 is 0. The van der Waals surface area contributed by atoms with E-state index >= 15 is 0 Å². The summed E-state index contributed by atoms with van der Waals surface area (Å²) in [5, 5.41) is 8.13. The van der Waals surface area contributed by atoms with Crippen molar-refractivity contribution >= 4 is 28.9 Å². The van der Waals surface area contributed by atoms with Gasteiger partial charge in [-0.25, -0.2) is 0 Å². The largest absolute Gasteiger partial charge is 0.487 e. The Morgan fingerprint density at radius 3 is 2.31 bits per heavy atom. The maximum absolute atomic E-state index is 12.9. The lowest BCUT2D eigenvalue weighted by Gasteiger charge is -2.13. The second kappa shape index (κ2) is 11.2. The number of hydrogen-bond donors (Lipinski definition) is 3. The Labute approximate surface area is 200 Å². The van der Waals surface area contributed by atoms with Gasteiger partial charge < -0.3 is 20.7 Å². The van der Waals surface area contributed by atoms with Crippen LogP contribution in [0.4, 0.5) is 30.2 Å². The number of benzene rings is 3. The zero-order valence-corrected chi connectivity index (χ0v) is 18.9. The van der Waals surface area contributed by atoms with Gasteiger partial charge in [-0.3, -0.25) is 9.59 Å². The fraction of sp³-hybridized carbons (Fsp3) is 0.154. The standard InChI is InChI=1S/C26H24F3N3O3/c1-17(2)16-35-23-12-4-3-11-22(23)30-15-24(33)31-20-9-5-7-18(13-20)25(34)32-21-10-6-8-19(14-21)26(27,28)29/h3-14,30H,1,15-16H2,2H3,(H,31,33)(H,32,34). The Hall–Kier alpha value is -4.27. The van der Waals surface area contributed by atoms with Gasteiger partial charge in [-0.2, -0.15) is 13.2 Å². The molecule has 2 amide bonds. The van der Waals surface area contributed by atoms with Gasteiger partial charge in [0, 0.05) is 16.9 Å². The second-order valence-electron chi connectivity index (χ2n) is 7.76. The molecular formula is C26H24F3N3O3. The molecule has 3 aromatic rings. The highest BCUT2D eigenvalue weighted by Crippen LogP contribution is 2.31. The monoisotopic (exact) mass is 483 g/mol. The minimum Gasteiger partial charge on any atom is -0.487 e. The summed E-state index contributed by atoms with van der Waals surface area (Å²) < 4.78 is 44.4. The number of anilines is 3. The van der Waals surface area contributed by atoms with Crippen LogP contribution in [0.2, 0.25) is 0 Å². The van der Waals surface area contributed by atoms with Crippen molar-refractivity contribution in [2.75, 3.05) is 29.1 Å². The number of amides is 2. The average molecular weight is 483 g/mol. The molecule has 182 valence electrons. The molecule has 3 rings (SSSR count). The van der Waals surface area contributed by atoms with E-state index in [0.29, 0.717) is 23.7 Å². The van der Waals surface area contributed by atoms with Crippen LogP contribution in [0.15, 0.2) is 84.9 Å². The SMILES string of the molecule is C=C(C)COc1ccccc1NCC(=O)Nc1cccc(C(=O)Nc2cccc(C(F)(F)F)c2)c1. The van der Waals surface area contributed by atoms with Crippen LogP contribution in [0.3, 0.4) is 0 Å². The number of halogens is 3. The molecule has 0 saturated carbocycles. The zero-order valence-electron chi connectivity index (χ0n) is 18.9. The van der Waals surface area contributed by atoms with Gasteiger partial charge in [-0.1, -0.05) is 30.8 Å². The molecule has 0 heterocycles. The molecule has 0 atom stereocenters. The number of para-hydroxylation sites is 2. The van der Waals surface area contributed by atoms with Crippen LogP contribution in [0.1, 0.15) is 22.8 Å². The minimum atomic E-state index is -4.52. The van der Waals surface area contributed by atoms with Gasteiger partial charge in [0.15, 0.2) is 0 Å². The summed E-state index contributed by atoms with van der Waals surface area (Å²) in [5.41, 5.74) is 1.17. The van der Waals surface area contributed by atoms with Crippen molar-refractivity contribution < 1.29 is 27.5 Å². The summed E-state index contributed by atoms with van der Waals surface area (Å²) in [7, 11) is 0. The zero-order chi connectivity index (χ0) is 25.4. The fourth-order valence-electron chi connectivity index (χ4n) is 3.03. The van der Waals surface area contributed by atoms with Crippen molar-refractivity contribution in [2.24, 2.45) is 0 Å². The van der Waals surface area contributed by atoms with Crippen LogP contribution >= 0.6 is 0 Å². The minimum absolute atomic E-state index is 0.0102. The number of carbonyl (C=O) groups excluding carboxylic acids is 2. The molecule has 0 aromatic heterocycles. The number of nitrogens with one attached hydrogen (secondary N) is 3. The first-order chi connectivity index (χ1) is 16.6. The summed E-state index contributed by atoms with van der Waals surface area (Å²) in [6.07, 6.45) is -4.52. The molecular weight excluding hydrogens is 459 g/mol. The van der Waals surface area contributed by atoms with Crippen molar-refractivity contribution in [3.8, 4) is 5.75 Å². The van der Waals surface area contributed by atoms with Gasteiger partial charge in [0.25, 0.3) is 5.91 Å². The molecule has 6 nitrogen and oxygen atoms in total. The van der Waals surface area contributed by atoms with Crippen molar-refractivity contribution in [1.29, 1.82) is 0 Å². The first-order valence-corrected chi connectivity index (χ1v) is 10.6. The van der Waals surface area contributed by atoms with E-state index in [1.54, 1.807) is 30.3 Å². The Balaban J connectivity index is 1.60. The molecule has 0 aliphatic carbocycles. The molecule has 3 N–H and O–H groups in total. The van der Waals surface area contributed by atoms with E-state index < -0.39 is 17.6 Å². The number of alkyl halides is 3. The van der Waals surface area contributed by atoms with Crippen LogP contribution in [0, 0.1) is 0 Å². The van der Waals surface area contributed by atoms with Crippen molar-refractivity contribution in [3.63, 3.8) is 0 Å². The molecule has 9 heteroatoms. The first kappa shape index (κ1) is 25.4. The quantitative estimate of drug-likeness (QED) is 0.328. The molecule has 0 aliphatic rings. The summed E-state index contributed by atoms with van der Waals surface area (Å²) in [4.78, 5) is 25.0. The third kappa shape index (κ3) is 7.63. The van der Waals surface area contributed by atoms with Crippen molar-refractivity contribution in [3.05, 3.63) is 96.1 Å². The lowest BCUT2D eigenvalue weighted by molar-refractivity contribution is -0.137. The fourth-order valence-corrected chi connectivity index (χ4v) is 3.03. The average Bonchev–Trinajstić information content (AvgIpc) is 2.81. The summed E-state index contributed by atoms with van der Waals surface area (Å²) in [6.45, 7) is 5.92. The molecule has 0 bridgehead atoms. The van der Waals surface area contributed by atoms with Crippen molar-refractivity contribution in [2.45, 2.75) is 13.1 Å². The number of hydrogen-bond acceptors (Lipinski definition) is 4. The van der Waals surface area contributed by atoms with Gasteiger partial charge in [-0.15, -0.1) is 0 Å². The van der Waals surface area contributed by atoms with Gasteiger partial charge in [0.05, 0.1) is 17.8 Å². The van der Waals surface area contributed by atoms with E-state index in [2.05, 4.69) is 22.5 Å². The molecule has 0 aliphatic heterocycles.